The molecule has 1 fully saturated rings. The van der Waals surface area contributed by atoms with Crippen molar-refractivity contribution in [3.63, 3.8) is 0 Å². The van der Waals surface area contributed by atoms with Gasteiger partial charge in [-0.1, -0.05) is 12.8 Å². The minimum Gasteiger partial charge on any atom is -0.394 e. The van der Waals surface area contributed by atoms with Gasteiger partial charge in [0.1, 0.15) is 11.6 Å². The van der Waals surface area contributed by atoms with Crippen LogP contribution in [0.15, 0.2) is 18.2 Å². The number of halogens is 2. The number of hydrogen-bond donors (Lipinski definition) is 3. The maximum atomic E-state index is 13.5. The lowest BCUT2D eigenvalue weighted by atomic mass is 10.0. The molecule has 1 aromatic rings. The van der Waals surface area contributed by atoms with Crippen LogP contribution in [-0.2, 0) is 14.3 Å². The molecule has 0 atom stereocenters. The van der Waals surface area contributed by atoms with E-state index in [0.29, 0.717) is 6.07 Å². The molecular weight excluding hydrogens is 322 g/mol. The first-order valence-corrected chi connectivity index (χ1v) is 7.75. The van der Waals surface area contributed by atoms with Crippen LogP contribution in [0.5, 0.6) is 0 Å². The van der Waals surface area contributed by atoms with Gasteiger partial charge in [0.05, 0.1) is 24.5 Å². The molecule has 1 aliphatic rings. The van der Waals surface area contributed by atoms with Crippen molar-refractivity contribution >= 4 is 17.5 Å². The summed E-state index contributed by atoms with van der Waals surface area (Å²) in [6.45, 7) is 0.161. The maximum Gasteiger partial charge on any atom is 0.313 e. The van der Waals surface area contributed by atoms with Gasteiger partial charge in [-0.05, 0) is 25.0 Å². The molecule has 8 heteroatoms. The van der Waals surface area contributed by atoms with E-state index in [1.807, 2.05) is 0 Å². The summed E-state index contributed by atoms with van der Waals surface area (Å²) in [5, 5.41) is 13.4. The SMILES string of the molecule is O=C(NCC1(OCCO)CCCC1)C(=O)Nc1ccc(F)cc1F. The van der Waals surface area contributed by atoms with Crippen LogP contribution in [0, 0.1) is 11.6 Å². The van der Waals surface area contributed by atoms with Gasteiger partial charge in [-0.2, -0.15) is 0 Å². The summed E-state index contributed by atoms with van der Waals surface area (Å²) in [7, 11) is 0. The van der Waals surface area contributed by atoms with Crippen LogP contribution >= 0.6 is 0 Å². The van der Waals surface area contributed by atoms with E-state index in [2.05, 4.69) is 10.6 Å². The summed E-state index contributed by atoms with van der Waals surface area (Å²) in [5.41, 5.74) is -0.858. The van der Waals surface area contributed by atoms with E-state index in [1.54, 1.807) is 0 Å². The summed E-state index contributed by atoms with van der Waals surface area (Å²) in [6.07, 6.45) is 3.32. The van der Waals surface area contributed by atoms with E-state index in [9.17, 15) is 18.4 Å². The largest absolute Gasteiger partial charge is 0.394 e. The Morgan fingerprint density at radius 3 is 2.54 bits per heavy atom. The Balaban J connectivity index is 1.90. The van der Waals surface area contributed by atoms with E-state index >= 15 is 0 Å². The quantitative estimate of drug-likeness (QED) is 0.681. The van der Waals surface area contributed by atoms with Crippen LogP contribution in [0.4, 0.5) is 14.5 Å². The van der Waals surface area contributed by atoms with Crippen LogP contribution in [0.2, 0.25) is 0 Å². The number of ether oxygens (including phenoxy) is 1. The number of anilines is 1. The molecule has 6 nitrogen and oxygen atoms in total. The highest BCUT2D eigenvalue weighted by Crippen LogP contribution is 2.32. The summed E-state index contributed by atoms with van der Waals surface area (Å²) in [6, 6.07) is 2.63. The normalized spacial score (nSPS) is 16.0. The van der Waals surface area contributed by atoms with Crippen molar-refractivity contribution in [1.29, 1.82) is 0 Å². The lowest BCUT2D eigenvalue weighted by Gasteiger charge is -2.29. The highest BCUT2D eigenvalue weighted by Gasteiger charge is 2.35. The third-order valence-corrected chi connectivity index (χ3v) is 3.97. The van der Waals surface area contributed by atoms with Gasteiger partial charge in [-0.25, -0.2) is 8.78 Å². The Morgan fingerprint density at radius 1 is 1.21 bits per heavy atom. The lowest BCUT2D eigenvalue weighted by Crippen LogP contribution is -2.46. The monoisotopic (exact) mass is 342 g/mol. The van der Waals surface area contributed by atoms with Gasteiger partial charge in [0.25, 0.3) is 0 Å². The number of rotatable bonds is 6. The van der Waals surface area contributed by atoms with Gasteiger partial charge < -0.3 is 20.5 Å². The molecular formula is C16H20F2N2O4. The van der Waals surface area contributed by atoms with Crippen molar-refractivity contribution < 1.29 is 28.2 Å². The van der Waals surface area contributed by atoms with Crippen molar-refractivity contribution in [3.05, 3.63) is 29.8 Å². The van der Waals surface area contributed by atoms with Crippen LogP contribution < -0.4 is 10.6 Å². The molecule has 24 heavy (non-hydrogen) atoms. The Kier molecular flexibility index (Phi) is 6.22. The number of amides is 2. The summed E-state index contributed by atoms with van der Waals surface area (Å²) >= 11 is 0. The fourth-order valence-electron chi connectivity index (χ4n) is 2.75. The summed E-state index contributed by atoms with van der Waals surface area (Å²) in [5.74, 6) is -3.72. The zero-order valence-electron chi connectivity index (χ0n) is 13.1. The molecule has 1 saturated carbocycles. The molecule has 0 unspecified atom stereocenters. The molecule has 2 amide bonds. The number of benzene rings is 1. The highest BCUT2D eigenvalue weighted by molar-refractivity contribution is 6.39. The van der Waals surface area contributed by atoms with Crippen LogP contribution in [0.3, 0.4) is 0 Å². The topological polar surface area (TPSA) is 87.7 Å². The van der Waals surface area contributed by atoms with Gasteiger partial charge >= 0.3 is 11.8 Å². The third kappa shape index (κ3) is 4.72. The maximum absolute atomic E-state index is 13.5. The molecule has 0 aromatic heterocycles. The Bertz CT molecular complexity index is 604. The predicted octanol–water partition coefficient (Wildman–Crippen LogP) is 1.34. The number of carbonyl (C=O) groups is 2. The fourth-order valence-corrected chi connectivity index (χ4v) is 2.75. The van der Waals surface area contributed by atoms with Crippen LogP contribution in [0.1, 0.15) is 25.7 Å². The van der Waals surface area contributed by atoms with E-state index in [1.165, 1.54) is 0 Å². The number of carbonyl (C=O) groups excluding carboxylic acids is 2. The third-order valence-electron chi connectivity index (χ3n) is 3.97. The molecule has 0 saturated heterocycles. The van der Waals surface area contributed by atoms with Gasteiger partial charge in [0, 0.05) is 12.6 Å². The Hall–Kier alpha value is -2.06. The first-order chi connectivity index (χ1) is 11.5. The van der Waals surface area contributed by atoms with Crippen LogP contribution in [0.25, 0.3) is 0 Å². The highest BCUT2D eigenvalue weighted by atomic mass is 19.1. The van der Waals surface area contributed by atoms with Crippen LogP contribution in [-0.4, -0.2) is 42.3 Å². The number of aliphatic hydroxyl groups excluding tert-OH is 1. The molecule has 0 bridgehead atoms. The van der Waals surface area contributed by atoms with Gasteiger partial charge in [-0.3, -0.25) is 9.59 Å². The number of aliphatic hydroxyl groups is 1. The number of nitrogens with one attached hydrogen (secondary N) is 2. The second kappa shape index (κ2) is 8.16. The van der Waals surface area contributed by atoms with Gasteiger partial charge in [-0.15, -0.1) is 0 Å². The molecule has 1 aliphatic carbocycles. The van der Waals surface area contributed by atoms with E-state index in [4.69, 9.17) is 9.84 Å². The first kappa shape index (κ1) is 18.3. The second-order valence-corrected chi connectivity index (χ2v) is 5.72. The van der Waals surface area contributed by atoms with E-state index in [-0.39, 0.29) is 25.4 Å². The molecule has 132 valence electrons. The average Bonchev–Trinajstić information content (AvgIpc) is 3.02. The number of hydrogen-bond acceptors (Lipinski definition) is 4. The molecule has 0 aliphatic heterocycles. The van der Waals surface area contributed by atoms with Gasteiger partial charge in [0.15, 0.2) is 0 Å². The second-order valence-electron chi connectivity index (χ2n) is 5.72. The minimum absolute atomic E-state index is 0.125. The summed E-state index contributed by atoms with van der Waals surface area (Å²) < 4.78 is 31.9. The Morgan fingerprint density at radius 2 is 1.92 bits per heavy atom. The van der Waals surface area contributed by atoms with Crippen molar-refractivity contribution in [2.75, 3.05) is 25.1 Å². The Labute approximate surface area is 138 Å². The average molecular weight is 342 g/mol. The summed E-state index contributed by atoms with van der Waals surface area (Å²) in [4.78, 5) is 23.7. The van der Waals surface area contributed by atoms with Crippen molar-refractivity contribution in [3.8, 4) is 0 Å². The lowest BCUT2D eigenvalue weighted by molar-refractivity contribution is -0.137. The van der Waals surface area contributed by atoms with Crippen molar-refractivity contribution in [2.45, 2.75) is 31.3 Å². The van der Waals surface area contributed by atoms with Gasteiger partial charge in [0.2, 0.25) is 0 Å². The molecule has 0 heterocycles. The zero-order chi connectivity index (χ0) is 17.6. The van der Waals surface area contributed by atoms with E-state index < -0.39 is 29.0 Å². The molecule has 0 radical (unpaired) electrons. The zero-order valence-corrected chi connectivity index (χ0v) is 13.1. The predicted molar refractivity (Wildman–Crippen MR) is 82.2 cm³/mol. The van der Waals surface area contributed by atoms with Crippen molar-refractivity contribution in [1.82, 2.24) is 5.32 Å². The molecule has 3 N–H and O–H groups in total. The smallest absolute Gasteiger partial charge is 0.313 e. The first-order valence-electron chi connectivity index (χ1n) is 7.75. The minimum atomic E-state index is -1.05. The fraction of sp³-hybridized carbons (Fsp3) is 0.500. The molecule has 2 rings (SSSR count). The van der Waals surface area contributed by atoms with E-state index in [0.717, 1.165) is 37.8 Å². The molecule has 0 spiro atoms. The standard InChI is InChI=1S/C16H20F2N2O4/c17-11-3-4-13(12(18)9-11)20-15(23)14(22)19-10-16(24-8-7-21)5-1-2-6-16/h3-4,9,21H,1-2,5-8,10H2,(H,19,22)(H,20,23). The van der Waals surface area contributed by atoms with Crippen molar-refractivity contribution in [2.24, 2.45) is 0 Å². The molecule has 1 aromatic carbocycles.